The SMILES string of the molecule is N#Cc1ccccc1COc1ccc2ccccc2c1C=Nn1c(C2CCCCC2)nc2ccccc2c1=O. The first kappa shape index (κ1) is 24.6. The van der Waals surface area contributed by atoms with Crippen LogP contribution in [0.2, 0.25) is 0 Å². The first-order valence-corrected chi connectivity index (χ1v) is 13.4. The monoisotopic (exact) mass is 512 g/mol. The standard InChI is InChI=1S/C33H28N4O2/c34-20-25-13-4-5-14-26(25)22-39-31-19-18-23-10-6-7-15-27(23)29(31)21-35-37-32(24-11-2-1-3-12-24)36-30-17-9-8-16-28(30)33(37)38/h4-10,13-19,21,24H,1-3,11-12,22H2. The van der Waals surface area contributed by atoms with Gasteiger partial charge in [-0.05, 0) is 47.9 Å². The predicted octanol–water partition coefficient (Wildman–Crippen LogP) is 6.93. The Morgan fingerprint density at radius 3 is 2.51 bits per heavy atom. The molecule has 5 aromatic rings. The Morgan fingerprint density at radius 1 is 0.923 bits per heavy atom. The summed E-state index contributed by atoms with van der Waals surface area (Å²) >= 11 is 0. The third-order valence-electron chi connectivity index (χ3n) is 7.50. The van der Waals surface area contributed by atoms with Gasteiger partial charge in [0.1, 0.15) is 18.2 Å². The van der Waals surface area contributed by atoms with Gasteiger partial charge in [-0.15, -0.1) is 0 Å². The van der Waals surface area contributed by atoms with E-state index in [4.69, 9.17) is 14.8 Å². The van der Waals surface area contributed by atoms with Crippen LogP contribution in [0.5, 0.6) is 5.75 Å². The molecule has 6 rings (SSSR count). The summed E-state index contributed by atoms with van der Waals surface area (Å²) in [7, 11) is 0. The van der Waals surface area contributed by atoms with Crippen LogP contribution < -0.4 is 10.3 Å². The molecule has 0 atom stereocenters. The van der Waals surface area contributed by atoms with Crippen molar-refractivity contribution in [2.75, 3.05) is 0 Å². The Labute approximate surface area is 226 Å². The van der Waals surface area contributed by atoms with E-state index in [-0.39, 0.29) is 18.1 Å². The molecule has 1 saturated carbocycles. The summed E-state index contributed by atoms with van der Waals surface area (Å²) in [6.07, 6.45) is 7.19. The molecule has 1 aromatic heterocycles. The number of benzene rings is 4. The van der Waals surface area contributed by atoms with Gasteiger partial charge < -0.3 is 4.74 Å². The minimum atomic E-state index is -0.164. The average Bonchev–Trinajstić information content (AvgIpc) is 3.00. The van der Waals surface area contributed by atoms with Crippen molar-refractivity contribution in [3.63, 3.8) is 0 Å². The first-order valence-electron chi connectivity index (χ1n) is 13.4. The Balaban J connectivity index is 1.46. The Hall–Kier alpha value is -4.76. The Morgan fingerprint density at radius 2 is 1.67 bits per heavy atom. The van der Waals surface area contributed by atoms with Gasteiger partial charge in [-0.25, -0.2) is 4.98 Å². The molecule has 0 spiro atoms. The van der Waals surface area contributed by atoms with Crippen molar-refractivity contribution in [2.24, 2.45) is 5.10 Å². The van der Waals surface area contributed by atoms with Crippen molar-refractivity contribution < 1.29 is 4.74 Å². The highest BCUT2D eigenvalue weighted by Crippen LogP contribution is 2.32. The highest BCUT2D eigenvalue weighted by Gasteiger charge is 2.22. The van der Waals surface area contributed by atoms with Crippen molar-refractivity contribution in [2.45, 2.75) is 44.6 Å². The van der Waals surface area contributed by atoms with Crippen LogP contribution in [0.25, 0.3) is 21.7 Å². The number of rotatable bonds is 6. The van der Waals surface area contributed by atoms with Crippen LogP contribution in [0.1, 0.15) is 60.5 Å². The topological polar surface area (TPSA) is 80.3 Å². The molecule has 0 saturated heterocycles. The van der Waals surface area contributed by atoms with Crippen LogP contribution in [-0.2, 0) is 6.61 Å². The van der Waals surface area contributed by atoms with E-state index in [0.717, 1.165) is 53.4 Å². The second kappa shape index (κ2) is 10.9. The summed E-state index contributed by atoms with van der Waals surface area (Å²) in [5, 5.41) is 16.8. The number of fused-ring (bicyclic) bond motifs is 2. The highest BCUT2D eigenvalue weighted by atomic mass is 16.5. The van der Waals surface area contributed by atoms with E-state index in [9.17, 15) is 10.1 Å². The van der Waals surface area contributed by atoms with E-state index >= 15 is 0 Å². The highest BCUT2D eigenvalue weighted by molar-refractivity contribution is 6.02. The molecule has 39 heavy (non-hydrogen) atoms. The molecule has 1 fully saturated rings. The number of hydrogen-bond donors (Lipinski definition) is 0. The van der Waals surface area contributed by atoms with Gasteiger partial charge in [-0.3, -0.25) is 4.79 Å². The minimum absolute atomic E-state index is 0.164. The van der Waals surface area contributed by atoms with Crippen LogP contribution in [0, 0.1) is 11.3 Å². The van der Waals surface area contributed by atoms with Gasteiger partial charge in [-0.2, -0.15) is 15.0 Å². The fraction of sp³-hybridized carbons (Fsp3) is 0.212. The van der Waals surface area contributed by atoms with E-state index in [1.165, 1.54) is 11.1 Å². The largest absolute Gasteiger partial charge is 0.488 e. The Bertz CT molecular complexity index is 1790. The molecule has 0 amide bonds. The summed E-state index contributed by atoms with van der Waals surface area (Å²) < 4.78 is 7.76. The molecule has 4 aromatic carbocycles. The van der Waals surface area contributed by atoms with E-state index in [1.54, 1.807) is 18.3 Å². The molecule has 0 aliphatic heterocycles. The lowest BCUT2D eigenvalue weighted by Gasteiger charge is -2.22. The van der Waals surface area contributed by atoms with Gasteiger partial charge in [0, 0.05) is 17.0 Å². The summed E-state index contributed by atoms with van der Waals surface area (Å²) in [6, 6.07) is 29.1. The van der Waals surface area contributed by atoms with Gasteiger partial charge >= 0.3 is 0 Å². The van der Waals surface area contributed by atoms with Crippen LogP contribution in [0.3, 0.4) is 0 Å². The van der Waals surface area contributed by atoms with E-state index in [1.807, 2.05) is 72.8 Å². The number of ether oxygens (including phenoxy) is 1. The number of nitriles is 1. The lowest BCUT2D eigenvalue weighted by atomic mass is 9.88. The van der Waals surface area contributed by atoms with Crippen molar-refractivity contribution in [3.05, 3.63) is 118 Å². The molecule has 192 valence electrons. The van der Waals surface area contributed by atoms with Gasteiger partial charge in [0.2, 0.25) is 0 Å². The molecule has 0 radical (unpaired) electrons. The summed E-state index contributed by atoms with van der Waals surface area (Å²) in [5.74, 6) is 1.55. The minimum Gasteiger partial charge on any atom is -0.488 e. The average molecular weight is 513 g/mol. The van der Waals surface area contributed by atoms with Crippen LogP contribution in [-0.4, -0.2) is 15.9 Å². The van der Waals surface area contributed by atoms with Crippen LogP contribution in [0.15, 0.2) is 94.8 Å². The lowest BCUT2D eigenvalue weighted by Crippen LogP contribution is -2.25. The summed E-state index contributed by atoms with van der Waals surface area (Å²) in [5.41, 5.74) is 2.71. The second-order valence-corrected chi connectivity index (χ2v) is 9.94. The molecule has 0 N–H and O–H groups in total. The van der Waals surface area contributed by atoms with Crippen molar-refractivity contribution in [1.82, 2.24) is 9.66 Å². The second-order valence-electron chi connectivity index (χ2n) is 9.94. The third kappa shape index (κ3) is 4.92. The lowest BCUT2D eigenvalue weighted by molar-refractivity contribution is 0.306. The van der Waals surface area contributed by atoms with Crippen LogP contribution in [0.4, 0.5) is 0 Å². The van der Waals surface area contributed by atoms with E-state index in [2.05, 4.69) is 6.07 Å². The van der Waals surface area contributed by atoms with Gasteiger partial charge in [0.15, 0.2) is 0 Å². The molecule has 6 nitrogen and oxygen atoms in total. The van der Waals surface area contributed by atoms with Gasteiger partial charge in [-0.1, -0.05) is 79.9 Å². The normalized spacial score (nSPS) is 14.1. The van der Waals surface area contributed by atoms with Crippen LogP contribution >= 0.6 is 0 Å². The molecule has 0 unspecified atom stereocenters. The zero-order valence-corrected chi connectivity index (χ0v) is 21.6. The van der Waals surface area contributed by atoms with E-state index < -0.39 is 0 Å². The number of hydrogen-bond acceptors (Lipinski definition) is 5. The van der Waals surface area contributed by atoms with Gasteiger partial charge in [0.25, 0.3) is 5.56 Å². The summed E-state index contributed by atoms with van der Waals surface area (Å²) in [4.78, 5) is 18.6. The fourth-order valence-electron chi connectivity index (χ4n) is 5.44. The molecule has 1 heterocycles. The molecule has 1 aliphatic rings. The van der Waals surface area contributed by atoms with E-state index in [0.29, 0.717) is 22.2 Å². The maximum absolute atomic E-state index is 13.7. The zero-order valence-electron chi connectivity index (χ0n) is 21.6. The molecule has 6 heteroatoms. The van der Waals surface area contributed by atoms with Crippen molar-refractivity contribution in [1.29, 1.82) is 5.26 Å². The van der Waals surface area contributed by atoms with Gasteiger partial charge in [0.05, 0.1) is 28.8 Å². The number of para-hydroxylation sites is 1. The number of nitrogens with zero attached hydrogens (tertiary/aromatic N) is 4. The number of aromatic nitrogens is 2. The molecule has 1 aliphatic carbocycles. The maximum Gasteiger partial charge on any atom is 0.282 e. The first-order chi connectivity index (χ1) is 19.2. The maximum atomic E-state index is 13.7. The molecular weight excluding hydrogens is 484 g/mol. The zero-order chi connectivity index (χ0) is 26.6. The smallest absolute Gasteiger partial charge is 0.282 e. The Kier molecular flexibility index (Phi) is 6.88. The molecular formula is C33H28N4O2. The predicted molar refractivity (Wildman–Crippen MR) is 154 cm³/mol. The fourth-order valence-corrected chi connectivity index (χ4v) is 5.44. The molecule has 0 bridgehead atoms. The summed E-state index contributed by atoms with van der Waals surface area (Å²) in [6.45, 7) is 0.244. The quantitative estimate of drug-likeness (QED) is 0.231. The van der Waals surface area contributed by atoms with Crippen molar-refractivity contribution >= 4 is 27.9 Å². The van der Waals surface area contributed by atoms with Crippen molar-refractivity contribution in [3.8, 4) is 11.8 Å². The third-order valence-corrected chi connectivity index (χ3v) is 7.50.